The summed E-state index contributed by atoms with van der Waals surface area (Å²) in [5, 5.41) is 3.38. The Kier molecular flexibility index (Phi) is 3.74. The Morgan fingerprint density at radius 3 is 2.53 bits per heavy atom. The minimum atomic E-state index is -0.207. The van der Waals surface area contributed by atoms with Gasteiger partial charge >= 0.3 is 0 Å². The van der Waals surface area contributed by atoms with E-state index in [0.29, 0.717) is 0 Å². The van der Waals surface area contributed by atoms with Crippen molar-refractivity contribution in [3.05, 3.63) is 69.3 Å². The normalized spacial score (nSPS) is 12.8. The summed E-state index contributed by atoms with van der Waals surface area (Å²) in [6.45, 7) is 0. The monoisotopic (exact) mass is 398 g/mol. The lowest BCUT2D eigenvalue weighted by Crippen LogP contribution is -1.91. The molecule has 0 fully saturated rings. The molecule has 2 aromatic carbocycles. The number of rotatable bonds is 2. The molecule has 0 saturated heterocycles. The lowest BCUT2D eigenvalue weighted by atomic mass is 10.0. The zero-order chi connectivity index (χ0) is 13.4. The fourth-order valence-corrected chi connectivity index (χ4v) is 4.56. The molecular weight excluding hydrogens is 391 g/mol. The number of thiophene rings is 1. The Morgan fingerprint density at radius 1 is 1.05 bits per heavy atom. The number of alkyl halides is 1. The van der Waals surface area contributed by atoms with Gasteiger partial charge in [-0.25, -0.2) is 4.39 Å². The van der Waals surface area contributed by atoms with Crippen LogP contribution < -0.4 is 0 Å². The highest BCUT2D eigenvalue weighted by Gasteiger charge is 2.16. The van der Waals surface area contributed by atoms with Gasteiger partial charge in [0.05, 0.1) is 4.83 Å². The van der Waals surface area contributed by atoms with E-state index in [2.05, 4.69) is 43.3 Å². The summed E-state index contributed by atoms with van der Waals surface area (Å²) in [5.74, 6) is -0.207. The maximum absolute atomic E-state index is 13.0. The predicted octanol–water partition coefficient (Wildman–Crippen LogP) is 6.29. The molecule has 0 amide bonds. The van der Waals surface area contributed by atoms with Crippen LogP contribution >= 0.6 is 43.2 Å². The largest absolute Gasteiger partial charge is 0.207 e. The zero-order valence-corrected chi connectivity index (χ0v) is 13.7. The molecule has 1 aromatic heterocycles. The first-order valence-electron chi connectivity index (χ1n) is 5.72. The molecule has 96 valence electrons. The van der Waals surface area contributed by atoms with E-state index < -0.39 is 0 Å². The summed E-state index contributed by atoms with van der Waals surface area (Å²) in [6.07, 6.45) is 0. The number of halogens is 3. The van der Waals surface area contributed by atoms with Gasteiger partial charge in [0.1, 0.15) is 5.82 Å². The molecule has 0 aliphatic rings. The van der Waals surface area contributed by atoms with Gasteiger partial charge in [-0.15, -0.1) is 11.3 Å². The highest BCUT2D eigenvalue weighted by molar-refractivity contribution is 9.10. The molecule has 1 heterocycles. The first-order valence-corrected chi connectivity index (χ1v) is 8.31. The van der Waals surface area contributed by atoms with Crippen molar-refractivity contribution in [2.24, 2.45) is 0 Å². The maximum Gasteiger partial charge on any atom is 0.123 e. The van der Waals surface area contributed by atoms with Crippen LogP contribution in [0.15, 0.2) is 52.3 Å². The summed E-state index contributed by atoms with van der Waals surface area (Å²) in [6, 6.07) is 12.8. The number of fused-ring (bicyclic) bond motifs is 1. The van der Waals surface area contributed by atoms with Crippen molar-refractivity contribution >= 4 is 53.3 Å². The molecule has 0 aliphatic heterocycles. The molecule has 0 spiro atoms. The third-order valence-electron chi connectivity index (χ3n) is 3.02. The van der Waals surface area contributed by atoms with Gasteiger partial charge in [0, 0.05) is 9.17 Å². The third kappa shape index (κ3) is 2.49. The molecule has 1 unspecified atom stereocenters. The van der Waals surface area contributed by atoms with E-state index in [0.717, 1.165) is 10.0 Å². The summed E-state index contributed by atoms with van der Waals surface area (Å²) < 4.78 is 15.3. The van der Waals surface area contributed by atoms with Gasteiger partial charge in [0.15, 0.2) is 0 Å². The summed E-state index contributed by atoms with van der Waals surface area (Å²) in [5.41, 5.74) is 2.27. The summed E-state index contributed by atoms with van der Waals surface area (Å²) in [4.78, 5) is 0.0798. The first-order chi connectivity index (χ1) is 9.16. The fourth-order valence-electron chi connectivity index (χ4n) is 2.05. The minimum Gasteiger partial charge on any atom is -0.207 e. The smallest absolute Gasteiger partial charge is 0.123 e. The second-order valence-corrected chi connectivity index (χ2v) is 6.87. The standard InChI is InChI=1S/C15H9Br2FS/c16-13-3-1-2-11-12(8-19-15(11)13)14(17)9-4-6-10(18)7-5-9/h1-8,14H. The zero-order valence-electron chi connectivity index (χ0n) is 9.74. The van der Waals surface area contributed by atoms with Crippen molar-refractivity contribution in [1.82, 2.24) is 0 Å². The molecule has 0 aliphatic carbocycles. The van der Waals surface area contributed by atoms with Gasteiger partial charge in [-0.05, 0) is 56.0 Å². The topological polar surface area (TPSA) is 0 Å². The molecule has 19 heavy (non-hydrogen) atoms. The Bertz CT molecular complexity index is 719. The molecule has 0 bridgehead atoms. The molecule has 1 atom stereocenters. The van der Waals surface area contributed by atoms with Crippen LogP contribution in [0.4, 0.5) is 4.39 Å². The molecule has 3 aromatic rings. The lowest BCUT2D eigenvalue weighted by molar-refractivity contribution is 0.627. The maximum atomic E-state index is 13.0. The van der Waals surface area contributed by atoms with Gasteiger partial charge < -0.3 is 0 Å². The van der Waals surface area contributed by atoms with Crippen LogP contribution in [0.5, 0.6) is 0 Å². The van der Waals surface area contributed by atoms with Crippen molar-refractivity contribution in [3.8, 4) is 0 Å². The van der Waals surface area contributed by atoms with Crippen molar-refractivity contribution in [2.45, 2.75) is 4.83 Å². The van der Waals surface area contributed by atoms with Gasteiger partial charge in [-0.2, -0.15) is 0 Å². The number of benzene rings is 2. The molecule has 4 heteroatoms. The number of hydrogen-bond acceptors (Lipinski definition) is 1. The van der Waals surface area contributed by atoms with E-state index in [1.54, 1.807) is 11.3 Å². The SMILES string of the molecule is Fc1ccc(C(Br)c2csc3c(Br)cccc23)cc1. The van der Waals surface area contributed by atoms with Gasteiger partial charge in [0.2, 0.25) is 0 Å². The van der Waals surface area contributed by atoms with E-state index in [1.165, 1.54) is 27.8 Å². The lowest BCUT2D eigenvalue weighted by Gasteiger charge is -2.09. The Hall–Kier alpha value is -0.710. The van der Waals surface area contributed by atoms with Crippen molar-refractivity contribution in [3.63, 3.8) is 0 Å². The van der Waals surface area contributed by atoms with E-state index in [1.807, 2.05) is 24.3 Å². The first kappa shape index (κ1) is 13.3. The van der Waals surface area contributed by atoms with Gasteiger partial charge in [-0.3, -0.25) is 0 Å². The van der Waals surface area contributed by atoms with Crippen molar-refractivity contribution < 1.29 is 4.39 Å². The van der Waals surface area contributed by atoms with Crippen LogP contribution in [0.3, 0.4) is 0 Å². The minimum absolute atomic E-state index is 0.0798. The number of hydrogen-bond donors (Lipinski definition) is 0. The second-order valence-electron chi connectivity index (χ2n) is 4.22. The quantitative estimate of drug-likeness (QED) is 0.444. The summed E-state index contributed by atoms with van der Waals surface area (Å²) >= 11 is 9.00. The van der Waals surface area contributed by atoms with E-state index in [9.17, 15) is 4.39 Å². The Balaban J connectivity index is 2.09. The Labute approximate surface area is 131 Å². The van der Waals surface area contributed by atoms with Crippen LogP contribution in [0.25, 0.3) is 10.1 Å². The van der Waals surface area contributed by atoms with E-state index in [-0.39, 0.29) is 10.6 Å². The molecule has 3 rings (SSSR count). The van der Waals surface area contributed by atoms with Crippen LogP contribution in [-0.4, -0.2) is 0 Å². The van der Waals surface area contributed by atoms with Crippen LogP contribution in [0, 0.1) is 5.82 Å². The van der Waals surface area contributed by atoms with Gasteiger partial charge in [0.25, 0.3) is 0 Å². The molecule has 0 nitrogen and oxygen atoms in total. The average Bonchev–Trinajstić information content (AvgIpc) is 2.84. The molecule has 0 radical (unpaired) electrons. The predicted molar refractivity (Wildman–Crippen MR) is 86.7 cm³/mol. The fraction of sp³-hybridized carbons (Fsp3) is 0.0667. The van der Waals surface area contributed by atoms with Crippen LogP contribution in [0.2, 0.25) is 0 Å². The summed E-state index contributed by atoms with van der Waals surface area (Å²) in [7, 11) is 0. The highest BCUT2D eigenvalue weighted by Crippen LogP contribution is 2.40. The van der Waals surface area contributed by atoms with E-state index in [4.69, 9.17) is 0 Å². The van der Waals surface area contributed by atoms with Crippen molar-refractivity contribution in [1.29, 1.82) is 0 Å². The Morgan fingerprint density at radius 2 is 1.79 bits per heavy atom. The average molecular weight is 400 g/mol. The highest BCUT2D eigenvalue weighted by atomic mass is 79.9. The van der Waals surface area contributed by atoms with Crippen molar-refractivity contribution in [2.75, 3.05) is 0 Å². The van der Waals surface area contributed by atoms with Gasteiger partial charge in [-0.1, -0.05) is 40.2 Å². The van der Waals surface area contributed by atoms with Crippen LogP contribution in [0.1, 0.15) is 16.0 Å². The van der Waals surface area contributed by atoms with Crippen LogP contribution in [-0.2, 0) is 0 Å². The molecule has 0 saturated carbocycles. The second kappa shape index (κ2) is 5.35. The van der Waals surface area contributed by atoms with E-state index >= 15 is 0 Å². The molecular formula is C15H9Br2FS. The molecule has 0 N–H and O–H groups in total. The third-order valence-corrected chi connectivity index (χ3v) is 6.01.